The largest absolute Gasteiger partial charge is 0.506 e. The number of benzene rings is 1. The molecule has 0 saturated heterocycles. The van der Waals surface area contributed by atoms with Gasteiger partial charge in [-0.25, -0.2) is 9.97 Å². The lowest BCUT2D eigenvalue weighted by Gasteiger charge is -1.94. The van der Waals surface area contributed by atoms with Crippen LogP contribution < -0.4 is 0 Å². The van der Waals surface area contributed by atoms with Crippen LogP contribution in [0.1, 0.15) is 0 Å². The average molecular weight is 264 g/mol. The van der Waals surface area contributed by atoms with Crippen LogP contribution in [0.3, 0.4) is 0 Å². The summed E-state index contributed by atoms with van der Waals surface area (Å²) in [6.45, 7) is 0. The molecule has 0 atom stereocenters. The van der Waals surface area contributed by atoms with Crippen molar-refractivity contribution in [3.63, 3.8) is 0 Å². The van der Waals surface area contributed by atoms with Crippen molar-refractivity contribution in [3.8, 4) is 5.75 Å². The highest BCUT2D eigenvalue weighted by Gasteiger charge is 2.08. The first-order valence-corrected chi connectivity index (χ1v) is 5.17. The SMILES string of the molecule is Oc1cccc2c1nc1nc(Br)ccn12. The molecule has 0 aliphatic rings. The Morgan fingerprint density at radius 2 is 2.07 bits per heavy atom. The molecule has 5 heteroatoms. The van der Waals surface area contributed by atoms with E-state index in [1.807, 2.05) is 22.7 Å². The number of fused-ring (bicyclic) bond motifs is 3. The van der Waals surface area contributed by atoms with Gasteiger partial charge in [-0.15, -0.1) is 0 Å². The number of imidazole rings is 1. The summed E-state index contributed by atoms with van der Waals surface area (Å²) in [6.07, 6.45) is 1.86. The molecule has 0 spiro atoms. The van der Waals surface area contributed by atoms with Crippen LogP contribution in [0.2, 0.25) is 0 Å². The lowest BCUT2D eigenvalue weighted by Crippen LogP contribution is -1.87. The van der Waals surface area contributed by atoms with E-state index in [-0.39, 0.29) is 5.75 Å². The monoisotopic (exact) mass is 263 g/mol. The smallest absolute Gasteiger partial charge is 0.236 e. The predicted molar refractivity (Wildman–Crippen MR) is 59.9 cm³/mol. The number of hydrogen-bond acceptors (Lipinski definition) is 3. The Bertz CT molecular complexity index is 662. The van der Waals surface area contributed by atoms with Crippen LogP contribution in [0.4, 0.5) is 0 Å². The zero-order valence-electron chi connectivity index (χ0n) is 7.55. The number of phenols is 1. The molecule has 0 aliphatic heterocycles. The van der Waals surface area contributed by atoms with E-state index in [1.54, 1.807) is 12.1 Å². The summed E-state index contributed by atoms with van der Waals surface area (Å²) in [7, 11) is 0. The third-order valence-corrected chi connectivity index (χ3v) is 2.69. The first-order chi connectivity index (χ1) is 7.25. The summed E-state index contributed by atoms with van der Waals surface area (Å²) >= 11 is 3.28. The van der Waals surface area contributed by atoms with Crippen molar-refractivity contribution in [3.05, 3.63) is 35.1 Å². The van der Waals surface area contributed by atoms with E-state index in [2.05, 4.69) is 25.9 Å². The van der Waals surface area contributed by atoms with E-state index in [9.17, 15) is 5.11 Å². The molecule has 0 aliphatic carbocycles. The fourth-order valence-corrected chi connectivity index (χ4v) is 1.86. The maximum absolute atomic E-state index is 9.63. The topological polar surface area (TPSA) is 50.4 Å². The summed E-state index contributed by atoms with van der Waals surface area (Å²) < 4.78 is 2.56. The lowest BCUT2D eigenvalue weighted by atomic mass is 10.3. The van der Waals surface area contributed by atoms with Gasteiger partial charge in [0.2, 0.25) is 5.78 Å². The summed E-state index contributed by atoms with van der Waals surface area (Å²) in [6, 6.07) is 7.13. The molecule has 1 aromatic carbocycles. The lowest BCUT2D eigenvalue weighted by molar-refractivity contribution is 0.480. The van der Waals surface area contributed by atoms with Crippen molar-refractivity contribution in [2.45, 2.75) is 0 Å². The summed E-state index contributed by atoms with van der Waals surface area (Å²) in [5.41, 5.74) is 1.42. The van der Waals surface area contributed by atoms with E-state index in [1.165, 1.54) is 0 Å². The van der Waals surface area contributed by atoms with E-state index in [0.717, 1.165) is 10.1 Å². The van der Waals surface area contributed by atoms with Crippen molar-refractivity contribution in [1.82, 2.24) is 14.4 Å². The Kier molecular flexibility index (Phi) is 1.70. The number of para-hydroxylation sites is 1. The first-order valence-electron chi connectivity index (χ1n) is 4.38. The minimum atomic E-state index is 0.175. The Labute approximate surface area is 93.3 Å². The van der Waals surface area contributed by atoms with Crippen molar-refractivity contribution >= 4 is 32.7 Å². The molecule has 0 saturated carbocycles. The second-order valence-corrected chi connectivity index (χ2v) is 3.99. The zero-order valence-corrected chi connectivity index (χ0v) is 9.14. The average Bonchev–Trinajstić information content (AvgIpc) is 2.57. The van der Waals surface area contributed by atoms with E-state index in [4.69, 9.17) is 0 Å². The third-order valence-electron chi connectivity index (χ3n) is 2.25. The Morgan fingerprint density at radius 3 is 2.93 bits per heavy atom. The van der Waals surface area contributed by atoms with Gasteiger partial charge in [-0.2, -0.15) is 0 Å². The van der Waals surface area contributed by atoms with Gasteiger partial charge >= 0.3 is 0 Å². The minimum absolute atomic E-state index is 0.175. The fraction of sp³-hybridized carbons (Fsp3) is 0. The van der Waals surface area contributed by atoms with Crippen LogP contribution in [0, 0.1) is 0 Å². The highest BCUT2D eigenvalue weighted by molar-refractivity contribution is 9.10. The molecule has 74 valence electrons. The number of phenolic OH excluding ortho intramolecular Hbond substituents is 1. The maximum atomic E-state index is 9.63. The Morgan fingerprint density at radius 1 is 1.20 bits per heavy atom. The molecule has 2 aromatic heterocycles. The number of rotatable bonds is 0. The zero-order chi connectivity index (χ0) is 10.4. The van der Waals surface area contributed by atoms with Crippen LogP contribution in [0.25, 0.3) is 16.8 Å². The molecule has 0 unspecified atom stereocenters. The number of aromatic nitrogens is 3. The minimum Gasteiger partial charge on any atom is -0.506 e. The molecule has 0 bridgehead atoms. The van der Waals surface area contributed by atoms with Gasteiger partial charge in [0.05, 0.1) is 5.52 Å². The standard InChI is InChI=1S/C10H6BrN3O/c11-8-4-5-14-6-2-1-3-7(15)9(6)13-10(14)12-8/h1-5,15H. The van der Waals surface area contributed by atoms with Crippen LogP contribution in [0.15, 0.2) is 35.1 Å². The van der Waals surface area contributed by atoms with E-state index < -0.39 is 0 Å². The quantitative estimate of drug-likeness (QED) is 0.634. The molecule has 1 N–H and O–H groups in total. The Hall–Kier alpha value is -1.62. The number of hydrogen-bond donors (Lipinski definition) is 1. The number of halogens is 1. The second kappa shape index (κ2) is 2.93. The van der Waals surface area contributed by atoms with Crippen molar-refractivity contribution in [1.29, 1.82) is 0 Å². The van der Waals surface area contributed by atoms with Gasteiger partial charge in [0.15, 0.2) is 0 Å². The molecule has 0 amide bonds. The van der Waals surface area contributed by atoms with Gasteiger partial charge in [0, 0.05) is 6.20 Å². The molecular weight excluding hydrogens is 258 g/mol. The normalized spacial score (nSPS) is 11.3. The molecular formula is C10H6BrN3O. The van der Waals surface area contributed by atoms with Crippen LogP contribution in [-0.2, 0) is 0 Å². The van der Waals surface area contributed by atoms with Crippen LogP contribution >= 0.6 is 15.9 Å². The van der Waals surface area contributed by atoms with Gasteiger partial charge < -0.3 is 5.11 Å². The van der Waals surface area contributed by atoms with Crippen molar-refractivity contribution in [2.75, 3.05) is 0 Å². The highest BCUT2D eigenvalue weighted by atomic mass is 79.9. The molecule has 3 rings (SSSR count). The van der Waals surface area contributed by atoms with Crippen molar-refractivity contribution in [2.24, 2.45) is 0 Å². The molecule has 15 heavy (non-hydrogen) atoms. The second-order valence-electron chi connectivity index (χ2n) is 3.18. The number of nitrogens with zero attached hydrogens (tertiary/aromatic N) is 3. The van der Waals surface area contributed by atoms with Crippen LogP contribution in [-0.4, -0.2) is 19.5 Å². The molecule has 0 fully saturated rings. The van der Waals surface area contributed by atoms with E-state index >= 15 is 0 Å². The molecule has 4 nitrogen and oxygen atoms in total. The summed E-state index contributed by atoms with van der Waals surface area (Å²) in [4.78, 5) is 8.46. The van der Waals surface area contributed by atoms with Gasteiger partial charge in [-0.05, 0) is 34.1 Å². The highest BCUT2D eigenvalue weighted by Crippen LogP contribution is 2.24. The predicted octanol–water partition coefficient (Wildman–Crippen LogP) is 2.35. The Balaban J connectivity index is 2.57. The van der Waals surface area contributed by atoms with Gasteiger partial charge in [-0.1, -0.05) is 6.07 Å². The van der Waals surface area contributed by atoms with E-state index in [0.29, 0.717) is 11.3 Å². The van der Waals surface area contributed by atoms with Gasteiger partial charge in [-0.3, -0.25) is 4.40 Å². The fourth-order valence-electron chi connectivity index (χ4n) is 1.58. The van der Waals surface area contributed by atoms with Gasteiger partial charge in [0.25, 0.3) is 0 Å². The maximum Gasteiger partial charge on any atom is 0.236 e. The summed E-state index contributed by atoms with van der Waals surface area (Å²) in [5.74, 6) is 0.745. The molecule has 0 radical (unpaired) electrons. The van der Waals surface area contributed by atoms with Crippen LogP contribution in [0.5, 0.6) is 5.75 Å². The summed E-state index contributed by atoms with van der Waals surface area (Å²) in [5, 5.41) is 9.63. The van der Waals surface area contributed by atoms with Crippen molar-refractivity contribution < 1.29 is 5.11 Å². The third kappa shape index (κ3) is 1.20. The molecule has 2 heterocycles. The van der Waals surface area contributed by atoms with Gasteiger partial charge in [0.1, 0.15) is 15.9 Å². The molecule has 3 aromatic rings. The number of aromatic hydroxyl groups is 1. The first kappa shape index (κ1) is 8.67.